The van der Waals surface area contributed by atoms with Crippen LogP contribution in [0.1, 0.15) is 39.6 Å². The van der Waals surface area contributed by atoms with E-state index in [1.807, 2.05) is 12.1 Å². The van der Waals surface area contributed by atoms with Gasteiger partial charge in [-0.05, 0) is 31.4 Å². The Morgan fingerprint density at radius 3 is 2.88 bits per heavy atom. The van der Waals surface area contributed by atoms with Gasteiger partial charge < -0.3 is 0 Å². The molecule has 0 heterocycles. The van der Waals surface area contributed by atoms with E-state index in [4.69, 9.17) is 5.26 Å². The Bertz CT molecular complexity index is 511. The molecular weight excluding hydrogens is 202 g/mol. The molecule has 1 aromatic rings. The summed E-state index contributed by atoms with van der Waals surface area (Å²) in [6, 6.07) is 7.18. The summed E-state index contributed by atoms with van der Waals surface area (Å²) in [5.74, 6) is -0.753. The fourth-order valence-electron chi connectivity index (χ4n) is 1.98. The lowest BCUT2D eigenvalue weighted by molar-refractivity contribution is 0.0934. The van der Waals surface area contributed by atoms with Crippen molar-refractivity contribution in [2.45, 2.75) is 19.8 Å². The average molecular weight is 213 g/mol. The molecule has 0 spiro atoms. The number of nitriles is 1. The Hall–Kier alpha value is -1.95. The van der Waals surface area contributed by atoms with Gasteiger partial charge >= 0.3 is 0 Å². The van der Waals surface area contributed by atoms with E-state index in [2.05, 4.69) is 0 Å². The first-order chi connectivity index (χ1) is 7.63. The van der Waals surface area contributed by atoms with Gasteiger partial charge in [0.25, 0.3) is 0 Å². The van der Waals surface area contributed by atoms with Gasteiger partial charge in [-0.25, -0.2) is 0 Å². The predicted molar refractivity (Wildman–Crippen MR) is 58.2 cm³/mol. The zero-order chi connectivity index (χ0) is 11.7. The molecule has 0 radical (unpaired) electrons. The normalized spacial score (nSPS) is 18.8. The summed E-state index contributed by atoms with van der Waals surface area (Å²) >= 11 is 0. The van der Waals surface area contributed by atoms with Crippen molar-refractivity contribution in [2.24, 2.45) is 5.92 Å². The predicted octanol–water partition coefficient (Wildman–Crippen LogP) is 2.16. The van der Waals surface area contributed by atoms with Crippen molar-refractivity contribution in [2.75, 3.05) is 0 Å². The van der Waals surface area contributed by atoms with Gasteiger partial charge in [0.05, 0.1) is 6.07 Å². The van der Waals surface area contributed by atoms with Crippen LogP contribution in [-0.4, -0.2) is 11.6 Å². The fraction of sp³-hybridized carbons (Fsp3) is 0.308. The summed E-state index contributed by atoms with van der Waals surface area (Å²) in [5.41, 5.74) is 2.03. The standard InChI is InChI=1S/C13H11NO2/c1-8(15)10-4-2-9-3-5-11(7-14)13(16)12(9)6-10/h2,4,6,11H,3,5H2,1H3. The number of hydrogen-bond donors (Lipinski definition) is 0. The zero-order valence-corrected chi connectivity index (χ0v) is 8.99. The lowest BCUT2D eigenvalue weighted by atomic mass is 9.82. The van der Waals surface area contributed by atoms with E-state index in [0.29, 0.717) is 17.5 Å². The minimum atomic E-state index is -0.547. The largest absolute Gasteiger partial charge is 0.295 e. The number of hydrogen-bond acceptors (Lipinski definition) is 3. The molecule has 0 N–H and O–H groups in total. The van der Waals surface area contributed by atoms with Gasteiger partial charge in [0, 0.05) is 11.1 Å². The van der Waals surface area contributed by atoms with Crippen LogP contribution in [0, 0.1) is 17.2 Å². The number of fused-ring (bicyclic) bond motifs is 1. The maximum Gasteiger partial charge on any atom is 0.180 e. The Balaban J connectivity index is 2.49. The number of nitrogens with zero attached hydrogens (tertiary/aromatic N) is 1. The molecular formula is C13H11NO2. The van der Waals surface area contributed by atoms with Crippen molar-refractivity contribution in [3.8, 4) is 6.07 Å². The van der Waals surface area contributed by atoms with Crippen molar-refractivity contribution in [3.05, 3.63) is 34.9 Å². The number of rotatable bonds is 1. The van der Waals surface area contributed by atoms with Crippen LogP contribution < -0.4 is 0 Å². The monoisotopic (exact) mass is 213 g/mol. The first-order valence-corrected chi connectivity index (χ1v) is 5.21. The maximum atomic E-state index is 11.9. The summed E-state index contributed by atoms with van der Waals surface area (Å²) < 4.78 is 0. The summed E-state index contributed by atoms with van der Waals surface area (Å²) in [4.78, 5) is 23.1. The molecule has 1 aromatic carbocycles. The summed E-state index contributed by atoms with van der Waals surface area (Å²) in [6.07, 6.45) is 1.32. The second-order valence-electron chi connectivity index (χ2n) is 4.01. The minimum absolute atomic E-state index is 0.0605. The highest BCUT2D eigenvalue weighted by atomic mass is 16.1. The smallest absolute Gasteiger partial charge is 0.180 e. The molecule has 2 rings (SSSR count). The topological polar surface area (TPSA) is 57.9 Å². The third-order valence-electron chi connectivity index (χ3n) is 2.96. The molecule has 1 unspecified atom stereocenters. The van der Waals surface area contributed by atoms with Gasteiger partial charge in [0.15, 0.2) is 11.6 Å². The number of ketones is 2. The second-order valence-corrected chi connectivity index (χ2v) is 4.01. The van der Waals surface area contributed by atoms with Crippen LogP contribution in [0.15, 0.2) is 18.2 Å². The summed E-state index contributed by atoms with van der Waals surface area (Å²) in [5, 5.41) is 8.83. The minimum Gasteiger partial charge on any atom is -0.295 e. The van der Waals surface area contributed by atoms with Crippen molar-refractivity contribution in [1.82, 2.24) is 0 Å². The molecule has 0 saturated heterocycles. The quantitative estimate of drug-likeness (QED) is 0.671. The number of carbonyl (C=O) groups excluding carboxylic acids is 2. The molecule has 80 valence electrons. The highest BCUT2D eigenvalue weighted by Crippen LogP contribution is 2.26. The van der Waals surface area contributed by atoms with Crippen LogP contribution in [0.4, 0.5) is 0 Å². The number of carbonyl (C=O) groups is 2. The van der Waals surface area contributed by atoms with Crippen molar-refractivity contribution in [1.29, 1.82) is 5.26 Å². The van der Waals surface area contributed by atoms with Gasteiger partial charge in [-0.2, -0.15) is 5.26 Å². The van der Waals surface area contributed by atoms with E-state index in [-0.39, 0.29) is 11.6 Å². The molecule has 0 bridgehead atoms. The van der Waals surface area contributed by atoms with E-state index in [1.165, 1.54) is 6.92 Å². The maximum absolute atomic E-state index is 11.9. The molecule has 0 saturated carbocycles. The third kappa shape index (κ3) is 1.63. The first-order valence-electron chi connectivity index (χ1n) is 5.21. The van der Waals surface area contributed by atoms with Gasteiger partial charge in [-0.1, -0.05) is 12.1 Å². The second kappa shape index (κ2) is 3.90. The van der Waals surface area contributed by atoms with Crippen molar-refractivity contribution >= 4 is 11.6 Å². The number of Topliss-reactive ketones (excluding diaryl/α,β-unsaturated/α-hetero) is 2. The van der Waals surface area contributed by atoms with E-state index < -0.39 is 5.92 Å². The highest BCUT2D eigenvalue weighted by Gasteiger charge is 2.27. The SMILES string of the molecule is CC(=O)c1ccc2c(c1)C(=O)C(C#N)CC2. The average Bonchev–Trinajstić information content (AvgIpc) is 2.29. The van der Waals surface area contributed by atoms with Crippen LogP contribution >= 0.6 is 0 Å². The van der Waals surface area contributed by atoms with E-state index >= 15 is 0 Å². The van der Waals surface area contributed by atoms with Gasteiger partial charge in [0.2, 0.25) is 0 Å². The molecule has 3 heteroatoms. The first kappa shape index (κ1) is 10.6. The van der Waals surface area contributed by atoms with Crippen LogP contribution in [0.5, 0.6) is 0 Å². The molecule has 1 atom stereocenters. The molecule has 1 aliphatic carbocycles. The number of benzene rings is 1. The van der Waals surface area contributed by atoms with Crippen molar-refractivity contribution < 1.29 is 9.59 Å². The van der Waals surface area contributed by atoms with Crippen LogP contribution in [0.3, 0.4) is 0 Å². The van der Waals surface area contributed by atoms with Crippen LogP contribution in [-0.2, 0) is 6.42 Å². The van der Waals surface area contributed by atoms with Crippen LogP contribution in [0.2, 0.25) is 0 Å². The highest BCUT2D eigenvalue weighted by molar-refractivity contribution is 6.04. The van der Waals surface area contributed by atoms with Gasteiger partial charge in [-0.3, -0.25) is 9.59 Å². The van der Waals surface area contributed by atoms with Gasteiger partial charge in [0.1, 0.15) is 5.92 Å². The third-order valence-corrected chi connectivity index (χ3v) is 2.96. The molecule has 0 fully saturated rings. The Labute approximate surface area is 93.7 Å². The fourth-order valence-corrected chi connectivity index (χ4v) is 1.98. The van der Waals surface area contributed by atoms with E-state index in [1.54, 1.807) is 12.1 Å². The Morgan fingerprint density at radius 2 is 2.25 bits per heavy atom. The zero-order valence-electron chi connectivity index (χ0n) is 8.99. The summed E-state index contributed by atoms with van der Waals surface area (Å²) in [7, 11) is 0. The lowest BCUT2D eigenvalue weighted by Crippen LogP contribution is -2.21. The Morgan fingerprint density at radius 1 is 1.50 bits per heavy atom. The molecule has 1 aliphatic rings. The number of aryl methyl sites for hydroxylation is 1. The van der Waals surface area contributed by atoms with Gasteiger partial charge in [-0.15, -0.1) is 0 Å². The Kier molecular flexibility index (Phi) is 2.57. The molecule has 0 amide bonds. The molecule has 3 nitrogen and oxygen atoms in total. The molecule has 0 aromatic heterocycles. The lowest BCUT2D eigenvalue weighted by Gasteiger charge is -2.18. The molecule has 16 heavy (non-hydrogen) atoms. The van der Waals surface area contributed by atoms with E-state index in [0.717, 1.165) is 12.0 Å². The molecule has 0 aliphatic heterocycles. The summed E-state index contributed by atoms with van der Waals surface area (Å²) in [6.45, 7) is 1.47. The van der Waals surface area contributed by atoms with Crippen LogP contribution in [0.25, 0.3) is 0 Å². The van der Waals surface area contributed by atoms with Crippen molar-refractivity contribution in [3.63, 3.8) is 0 Å². The van der Waals surface area contributed by atoms with E-state index in [9.17, 15) is 9.59 Å².